The van der Waals surface area contributed by atoms with Crippen molar-refractivity contribution in [3.63, 3.8) is 0 Å². The smallest absolute Gasteiger partial charge is 0.255 e. The van der Waals surface area contributed by atoms with E-state index in [-0.39, 0.29) is 39.4 Å². The van der Waals surface area contributed by atoms with E-state index in [2.05, 4.69) is 25.7 Å². The minimum absolute atomic E-state index is 0.0226. The summed E-state index contributed by atoms with van der Waals surface area (Å²) in [6.45, 7) is 1.76. The maximum Gasteiger partial charge on any atom is 0.255 e. The number of azo groups is 1. The lowest BCUT2D eigenvalue weighted by atomic mass is 10.1. The molecular weight excluding hydrogens is 817 g/mol. The second-order valence-electron chi connectivity index (χ2n) is 12.2. The molecule has 0 saturated heterocycles. The third-order valence-corrected chi connectivity index (χ3v) is 12.8. The predicted molar refractivity (Wildman–Crippen MR) is 193 cm³/mol. The largest absolute Gasteiger partial charge is 0.744 e. The molecule has 0 saturated carbocycles. The molecule has 5 aromatic carbocycles. The molecule has 6 aromatic rings. The third-order valence-electron chi connectivity index (χ3n) is 8.50. The summed E-state index contributed by atoms with van der Waals surface area (Å²) in [4.78, 5) is 9.54. The molecule has 0 aliphatic rings. The summed E-state index contributed by atoms with van der Waals surface area (Å²) in [5, 5.41) is 27.1. The minimum atomic E-state index is -5.62. The first-order valence-electron chi connectivity index (χ1n) is 15.8. The molecule has 0 aliphatic carbocycles. The van der Waals surface area contributed by atoms with Crippen LogP contribution in [0.15, 0.2) is 121 Å². The standard InChI is InChI=1S/C33H28N6O13S4/c1-19(39-17-34-35-18-39)11-12-53(42,43)23-8-9-25-21(13-23)7-10-26(32(25)56(50,51)52)37-38-30-28(55(47,48)49)15-22-14-24(54(44,45)46)16-27(29(22)31(30)40)36-33(41)20-5-3-2-4-6-20/h2-10,13-19,40H,11-12H2,1H3,(H,36,41)(H,44,45,46)(H,47,48,49)(H,50,51,52)/p-3. The lowest BCUT2D eigenvalue weighted by Crippen LogP contribution is -2.13. The topological polar surface area (TPSA) is 310 Å². The van der Waals surface area contributed by atoms with Crippen LogP contribution in [0.5, 0.6) is 5.75 Å². The first-order valence-corrected chi connectivity index (χ1v) is 21.7. The van der Waals surface area contributed by atoms with Crippen LogP contribution in [-0.2, 0) is 40.2 Å². The average molecular weight is 842 g/mol. The van der Waals surface area contributed by atoms with Gasteiger partial charge in [-0.1, -0.05) is 30.3 Å². The third kappa shape index (κ3) is 8.28. The van der Waals surface area contributed by atoms with E-state index in [1.165, 1.54) is 43.0 Å². The molecule has 292 valence electrons. The number of benzene rings is 5. The fourth-order valence-corrected chi connectivity index (χ4v) is 9.18. The summed E-state index contributed by atoms with van der Waals surface area (Å²) >= 11 is 0. The highest BCUT2D eigenvalue weighted by molar-refractivity contribution is 7.91. The van der Waals surface area contributed by atoms with E-state index in [1.807, 2.05) is 0 Å². The summed E-state index contributed by atoms with van der Waals surface area (Å²) in [7, 11) is -20.3. The number of fused-ring (bicyclic) bond motifs is 2. The van der Waals surface area contributed by atoms with Crippen molar-refractivity contribution in [1.29, 1.82) is 0 Å². The quantitative estimate of drug-likeness (QED) is 0.129. The van der Waals surface area contributed by atoms with Crippen LogP contribution < -0.4 is 5.32 Å². The van der Waals surface area contributed by atoms with Crippen LogP contribution in [0.2, 0.25) is 0 Å². The second kappa shape index (κ2) is 14.8. The summed E-state index contributed by atoms with van der Waals surface area (Å²) in [6, 6.07) is 14.4. The molecule has 1 heterocycles. The van der Waals surface area contributed by atoms with Gasteiger partial charge in [-0.25, -0.2) is 33.7 Å². The molecule has 0 radical (unpaired) electrons. The minimum Gasteiger partial charge on any atom is -0.744 e. The Morgan fingerprint density at radius 1 is 0.786 bits per heavy atom. The van der Waals surface area contributed by atoms with E-state index >= 15 is 0 Å². The lowest BCUT2D eigenvalue weighted by Gasteiger charge is -2.18. The summed E-state index contributed by atoms with van der Waals surface area (Å²) in [6.07, 6.45) is 3.03. The van der Waals surface area contributed by atoms with Gasteiger partial charge in [0.25, 0.3) is 5.91 Å². The van der Waals surface area contributed by atoms with Gasteiger partial charge in [-0.05, 0) is 72.6 Å². The Morgan fingerprint density at radius 2 is 1.45 bits per heavy atom. The maximum absolute atomic E-state index is 13.2. The lowest BCUT2D eigenvalue weighted by molar-refractivity contribution is 0.102. The Labute approximate surface area is 318 Å². The van der Waals surface area contributed by atoms with Gasteiger partial charge in [0.2, 0.25) is 0 Å². The van der Waals surface area contributed by atoms with Gasteiger partial charge in [0.1, 0.15) is 54.4 Å². The molecule has 0 fully saturated rings. The number of hydrogen-bond acceptors (Lipinski definition) is 17. The zero-order chi connectivity index (χ0) is 40.8. The van der Waals surface area contributed by atoms with Crippen LogP contribution in [0.25, 0.3) is 21.5 Å². The molecule has 1 unspecified atom stereocenters. The van der Waals surface area contributed by atoms with Crippen molar-refractivity contribution in [3.8, 4) is 5.75 Å². The van der Waals surface area contributed by atoms with Gasteiger partial charge in [-0.15, -0.1) is 20.4 Å². The fourth-order valence-electron chi connectivity index (χ4n) is 5.71. The van der Waals surface area contributed by atoms with Crippen LogP contribution >= 0.6 is 0 Å². The van der Waals surface area contributed by atoms with Gasteiger partial charge in [-0.2, -0.15) is 0 Å². The van der Waals surface area contributed by atoms with Gasteiger partial charge in [-0.3, -0.25) is 4.79 Å². The van der Waals surface area contributed by atoms with Crippen LogP contribution in [0.1, 0.15) is 29.7 Å². The molecule has 19 nitrogen and oxygen atoms in total. The molecule has 6 rings (SSSR count). The Hall–Kier alpha value is -5.69. The molecule has 0 spiro atoms. The van der Waals surface area contributed by atoms with Crippen LogP contribution in [0.4, 0.5) is 17.1 Å². The highest BCUT2D eigenvalue weighted by Gasteiger charge is 2.24. The molecule has 2 N–H and O–H groups in total. The summed E-state index contributed by atoms with van der Waals surface area (Å²) in [5.41, 5.74) is -2.33. The molecule has 1 aromatic heterocycles. The van der Waals surface area contributed by atoms with E-state index in [0.717, 1.165) is 24.3 Å². The summed E-state index contributed by atoms with van der Waals surface area (Å²) < 4.78 is 139. The Bertz CT molecular complexity index is 3030. The maximum atomic E-state index is 13.2. The molecule has 56 heavy (non-hydrogen) atoms. The van der Waals surface area contributed by atoms with Gasteiger partial charge in [0.05, 0.1) is 31.0 Å². The highest BCUT2D eigenvalue weighted by Crippen LogP contribution is 2.46. The zero-order valence-corrected chi connectivity index (χ0v) is 31.6. The number of amides is 1. The normalized spacial score (nSPS) is 13.4. The fraction of sp³-hybridized carbons (Fsp3) is 0.121. The highest BCUT2D eigenvalue weighted by atomic mass is 32.2. The molecular formula is C33H25N6O13S4-3. The van der Waals surface area contributed by atoms with Gasteiger partial charge < -0.3 is 28.6 Å². The van der Waals surface area contributed by atoms with Crippen LogP contribution in [0, 0.1) is 0 Å². The number of hydrogen-bond donors (Lipinski definition) is 2. The molecule has 0 aliphatic heterocycles. The van der Waals surface area contributed by atoms with E-state index in [0.29, 0.717) is 18.2 Å². The van der Waals surface area contributed by atoms with Gasteiger partial charge in [0.15, 0.2) is 15.6 Å². The first kappa shape index (κ1) is 40.0. The Morgan fingerprint density at radius 3 is 2.07 bits per heavy atom. The Balaban J connectivity index is 1.47. The monoisotopic (exact) mass is 841 g/mol. The Kier molecular flexibility index (Phi) is 10.5. The summed E-state index contributed by atoms with van der Waals surface area (Å²) in [5.74, 6) is -2.36. The predicted octanol–water partition coefficient (Wildman–Crippen LogP) is 4.10. The molecule has 1 atom stereocenters. The van der Waals surface area contributed by atoms with Crippen molar-refractivity contribution in [1.82, 2.24) is 14.8 Å². The number of nitrogens with zero attached hydrogens (tertiary/aromatic N) is 5. The SMILES string of the molecule is CC(CCS(=O)(=O)c1ccc2c(S(=O)(=O)[O-])c(N=Nc3c(S(=O)(=O)[O-])cc4cc(S(=O)(=O)[O-])cc(NC(=O)c5ccccc5)c4c3O)ccc2c1)n1cnnc1. The van der Waals surface area contributed by atoms with Crippen LogP contribution in [0.3, 0.4) is 0 Å². The first-order chi connectivity index (χ1) is 26.1. The van der Waals surface area contributed by atoms with E-state index in [4.69, 9.17) is 0 Å². The van der Waals surface area contributed by atoms with E-state index < -0.39 is 94.4 Å². The van der Waals surface area contributed by atoms with Crippen molar-refractivity contribution in [3.05, 3.63) is 97.1 Å². The molecule has 1 amide bonds. The number of anilines is 1. The number of carbonyl (C=O) groups excluding carboxylic acids is 1. The van der Waals surface area contributed by atoms with Gasteiger partial charge in [0, 0.05) is 22.4 Å². The number of aromatic nitrogens is 3. The number of rotatable bonds is 12. The van der Waals surface area contributed by atoms with Crippen LogP contribution in [-0.4, -0.2) is 78.9 Å². The average Bonchev–Trinajstić information content (AvgIpc) is 3.67. The van der Waals surface area contributed by atoms with E-state index in [9.17, 15) is 57.2 Å². The van der Waals surface area contributed by atoms with Crippen molar-refractivity contribution >= 4 is 84.7 Å². The van der Waals surface area contributed by atoms with Crippen molar-refractivity contribution < 1.29 is 57.2 Å². The molecule has 23 heteroatoms. The number of carbonyl (C=O) groups is 1. The van der Waals surface area contributed by atoms with E-state index in [1.54, 1.807) is 17.6 Å². The van der Waals surface area contributed by atoms with Crippen molar-refractivity contribution in [2.75, 3.05) is 11.1 Å². The number of aromatic hydroxyl groups is 1. The second-order valence-corrected chi connectivity index (χ2v) is 18.3. The molecule has 0 bridgehead atoms. The van der Waals surface area contributed by atoms with Crippen molar-refractivity contribution in [2.45, 2.75) is 39.0 Å². The number of nitrogens with one attached hydrogen (secondary N) is 1. The van der Waals surface area contributed by atoms with Crippen molar-refractivity contribution in [2.24, 2.45) is 10.2 Å². The zero-order valence-electron chi connectivity index (χ0n) is 28.4. The number of phenolic OH excluding ortho intramolecular Hbond substituents is 1. The number of sulfone groups is 1. The number of phenols is 1. The van der Waals surface area contributed by atoms with Gasteiger partial charge >= 0.3 is 0 Å².